The Morgan fingerprint density at radius 1 is 1.53 bits per heavy atom. The van der Waals surface area contributed by atoms with Crippen molar-refractivity contribution < 1.29 is 9.47 Å². The molecule has 80 valence electrons. The Kier molecular flexibility index (Phi) is 3.30. The van der Waals surface area contributed by atoms with Gasteiger partial charge in [0.2, 0.25) is 0 Å². The smallest absolute Gasteiger partial charge is 0.105 e. The van der Waals surface area contributed by atoms with Gasteiger partial charge in [0.05, 0.1) is 19.8 Å². The minimum absolute atomic E-state index is 0.249. The number of nitrogens with two attached hydrogens (primary N) is 1. The normalized spacial score (nSPS) is 16.0. The fourth-order valence-corrected chi connectivity index (χ4v) is 1.47. The van der Waals surface area contributed by atoms with E-state index in [0.29, 0.717) is 24.8 Å². The van der Waals surface area contributed by atoms with E-state index in [1.807, 2.05) is 24.3 Å². The SMILES string of the molecule is NC(=S)c1cccc(COC2COC2)c1. The number of ether oxygens (including phenoxy) is 2. The van der Waals surface area contributed by atoms with Gasteiger partial charge in [-0.1, -0.05) is 30.4 Å². The third-order valence-electron chi connectivity index (χ3n) is 2.30. The topological polar surface area (TPSA) is 44.5 Å². The largest absolute Gasteiger partial charge is 0.389 e. The second-order valence-corrected chi connectivity index (χ2v) is 3.97. The van der Waals surface area contributed by atoms with Crippen LogP contribution in [0.1, 0.15) is 11.1 Å². The van der Waals surface area contributed by atoms with Crippen molar-refractivity contribution >= 4 is 17.2 Å². The van der Waals surface area contributed by atoms with Crippen LogP contribution in [0.5, 0.6) is 0 Å². The molecule has 0 aromatic heterocycles. The highest BCUT2D eigenvalue weighted by atomic mass is 32.1. The molecule has 0 atom stereocenters. The van der Waals surface area contributed by atoms with E-state index < -0.39 is 0 Å². The first-order valence-electron chi connectivity index (χ1n) is 4.84. The van der Waals surface area contributed by atoms with E-state index in [9.17, 15) is 0 Å². The summed E-state index contributed by atoms with van der Waals surface area (Å²) in [7, 11) is 0. The molecule has 0 unspecified atom stereocenters. The van der Waals surface area contributed by atoms with Crippen LogP contribution in [0.2, 0.25) is 0 Å². The first-order chi connectivity index (χ1) is 7.25. The Morgan fingerprint density at radius 2 is 2.33 bits per heavy atom. The van der Waals surface area contributed by atoms with Crippen molar-refractivity contribution in [1.29, 1.82) is 0 Å². The third-order valence-corrected chi connectivity index (χ3v) is 2.54. The monoisotopic (exact) mass is 223 g/mol. The molecule has 0 saturated carbocycles. The van der Waals surface area contributed by atoms with Gasteiger partial charge in [0.25, 0.3) is 0 Å². The molecule has 15 heavy (non-hydrogen) atoms. The summed E-state index contributed by atoms with van der Waals surface area (Å²) in [5.74, 6) is 0. The highest BCUT2D eigenvalue weighted by Crippen LogP contribution is 2.11. The van der Waals surface area contributed by atoms with Crippen molar-refractivity contribution in [2.24, 2.45) is 5.73 Å². The van der Waals surface area contributed by atoms with Crippen molar-refractivity contribution in [2.45, 2.75) is 12.7 Å². The molecule has 0 bridgehead atoms. The Bertz CT molecular complexity index is 363. The molecule has 0 aliphatic carbocycles. The molecular weight excluding hydrogens is 210 g/mol. The first kappa shape index (κ1) is 10.5. The first-order valence-corrected chi connectivity index (χ1v) is 5.24. The van der Waals surface area contributed by atoms with Gasteiger partial charge >= 0.3 is 0 Å². The van der Waals surface area contributed by atoms with Crippen molar-refractivity contribution in [1.82, 2.24) is 0 Å². The van der Waals surface area contributed by atoms with E-state index in [1.54, 1.807) is 0 Å². The lowest BCUT2D eigenvalue weighted by molar-refractivity contribution is -0.135. The van der Waals surface area contributed by atoms with Gasteiger partial charge in [0.15, 0.2) is 0 Å². The summed E-state index contributed by atoms with van der Waals surface area (Å²) in [6.07, 6.45) is 0.249. The zero-order chi connectivity index (χ0) is 10.7. The highest BCUT2D eigenvalue weighted by Gasteiger charge is 2.18. The molecule has 1 heterocycles. The number of rotatable bonds is 4. The van der Waals surface area contributed by atoms with Gasteiger partial charge in [-0.3, -0.25) is 0 Å². The van der Waals surface area contributed by atoms with Crippen LogP contribution < -0.4 is 5.73 Å². The van der Waals surface area contributed by atoms with Gasteiger partial charge in [-0.05, 0) is 11.6 Å². The predicted molar refractivity (Wildman–Crippen MR) is 61.7 cm³/mol. The average Bonchev–Trinajstić information content (AvgIpc) is 2.16. The van der Waals surface area contributed by atoms with Crippen molar-refractivity contribution in [2.75, 3.05) is 13.2 Å². The van der Waals surface area contributed by atoms with Gasteiger partial charge in [0, 0.05) is 5.56 Å². The summed E-state index contributed by atoms with van der Waals surface area (Å²) in [6.45, 7) is 1.99. The fourth-order valence-electron chi connectivity index (χ4n) is 1.34. The van der Waals surface area contributed by atoms with Crippen LogP contribution in [0.4, 0.5) is 0 Å². The zero-order valence-corrected chi connectivity index (χ0v) is 9.13. The fraction of sp³-hybridized carbons (Fsp3) is 0.364. The molecule has 1 aromatic carbocycles. The lowest BCUT2D eigenvalue weighted by Crippen LogP contribution is -2.35. The van der Waals surface area contributed by atoms with E-state index in [1.165, 1.54) is 0 Å². The van der Waals surface area contributed by atoms with Crippen molar-refractivity contribution in [3.63, 3.8) is 0 Å². The van der Waals surface area contributed by atoms with Gasteiger partial charge in [0.1, 0.15) is 11.1 Å². The summed E-state index contributed by atoms with van der Waals surface area (Å²) in [6, 6.07) is 7.80. The molecule has 1 aliphatic rings. The van der Waals surface area contributed by atoms with E-state index in [0.717, 1.165) is 11.1 Å². The Labute approximate surface area is 94.2 Å². The second-order valence-electron chi connectivity index (χ2n) is 3.54. The predicted octanol–water partition coefficient (Wildman–Crippen LogP) is 1.24. The van der Waals surface area contributed by atoms with Crippen LogP contribution in [-0.2, 0) is 16.1 Å². The Morgan fingerprint density at radius 3 is 2.93 bits per heavy atom. The summed E-state index contributed by atoms with van der Waals surface area (Å²) in [5.41, 5.74) is 7.52. The van der Waals surface area contributed by atoms with Crippen LogP contribution in [0.25, 0.3) is 0 Å². The summed E-state index contributed by atoms with van der Waals surface area (Å²) in [4.78, 5) is 0.420. The van der Waals surface area contributed by atoms with Crippen LogP contribution in [-0.4, -0.2) is 24.3 Å². The van der Waals surface area contributed by atoms with Gasteiger partial charge < -0.3 is 15.2 Å². The van der Waals surface area contributed by atoms with E-state index in [-0.39, 0.29) is 6.10 Å². The maximum Gasteiger partial charge on any atom is 0.105 e. The molecule has 2 rings (SSSR count). The van der Waals surface area contributed by atoms with Crippen LogP contribution >= 0.6 is 12.2 Å². The molecule has 1 fully saturated rings. The van der Waals surface area contributed by atoms with Gasteiger partial charge in [-0.25, -0.2) is 0 Å². The number of benzene rings is 1. The Hall–Kier alpha value is -0.970. The molecule has 2 N–H and O–H groups in total. The molecule has 0 radical (unpaired) electrons. The van der Waals surface area contributed by atoms with E-state index in [2.05, 4.69) is 0 Å². The minimum atomic E-state index is 0.249. The lowest BCUT2D eigenvalue weighted by atomic mass is 10.1. The molecule has 4 heteroatoms. The third kappa shape index (κ3) is 2.75. The minimum Gasteiger partial charge on any atom is -0.389 e. The molecule has 0 spiro atoms. The summed E-state index contributed by atoms with van der Waals surface area (Å²) < 4.78 is 10.6. The maximum atomic E-state index is 5.59. The van der Waals surface area contributed by atoms with Crippen molar-refractivity contribution in [3.05, 3.63) is 35.4 Å². The van der Waals surface area contributed by atoms with Crippen LogP contribution in [0.15, 0.2) is 24.3 Å². The number of hydrogen-bond acceptors (Lipinski definition) is 3. The van der Waals surface area contributed by atoms with E-state index >= 15 is 0 Å². The van der Waals surface area contributed by atoms with Crippen molar-refractivity contribution in [3.8, 4) is 0 Å². The van der Waals surface area contributed by atoms with E-state index in [4.69, 9.17) is 27.4 Å². The summed E-state index contributed by atoms with van der Waals surface area (Å²) >= 11 is 4.91. The lowest BCUT2D eigenvalue weighted by Gasteiger charge is -2.26. The molecular formula is C11H13NO2S. The summed E-state index contributed by atoms with van der Waals surface area (Å²) in [5, 5.41) is 0. The molecule has 1 saturated heterocycles. The number of hydrogen-bond donors (Lipinski definition) is 1. The van der Waals surface area contributed by atoms with Crippen LogP contribution in [0, 0.1) is 0 Å². The standard InChI is InChI=1S/C11H13NO2S/c12-11(15)9-3-1-2-8(4-9)5-14-10-6-13-7-10/h1-4,10H,5-7H2,(H2,12,15). The maximum absolute atomic E-state index is 5.59. The van der Waals surface area contributed by atoms with Gasteiger partial charge in [-0.15, -0.1) is 0 Å². The Balaban J connectivity index is 1.94. The molecule has 0 amide bonds. The molecule has 1 aromatic rings. The molecule has 1 aliphatic heterocycles. The highest BCUT2D eigenvalue weighted by molar-refractivity contribution is 7.80. The van der Waals surface area contributed by atoms with Gasteiger partial charge in [-0.2, -0.15) is 0 Å². The quantitative estimate of drug-likeness (QED) is 0.780. The zero-order valence-electron chi connectivity index (χ0n) is 8.31. The van der Waals surface area contributed by atoms with Crippen LogP contribution in [0.3, 0.4) is 0 Å². The average molecular weight is 223 g/mol. The number of thiocarbonyl (C=S) groups is 1. The molecule has 3 nitrogen and oxygen atoms in total. The second kappa shape index (κ2) is 4.70.